The number of nitrogens with zero attached hydrogens (tertiary/aromatic N) is 1. The molecule has 78 heavy (non-hydrogen) atoms. The van der Waals surface area contributed by atoms with Gasteiger partial charge in [-0.25, -0.2) is 0 Å². The molecule has 0 fully saturated rings. The molecule has 3 atom stereocenters. The number of likely N-dealkylation sites (N-methyl/N-ethyl adjacent to an activating group) is 1. The number of allylic oxidation sites excluding steroid dienone is 3. The highest BCUT2D eigenvalue weighted by Crippen LogP contribution is 2.38. The van der Waals surface area contributed by atoms with E-state index in [2.05, 4.69) is 31.3 Å². The highest BCUT2D eigenvalue weighted by Gasteiger charge is 2.23. The third-order valence-corrected chi connectivity index (χ3v) is 17.1. The SMILES string of the molecule is CCCCCCCCCCCCC/C=C/CC/C=C/C(O)C(COP(=O)([O-])OCC[N+](C)(C)C)NC(=O)CCCCCCCCCCCCCCCCCCCCCCCCCCCCCCCCCCCCCCCCC. The maximum atomic E-state index is 13.0. The zero-order valence-electron chi connectivity index (χ0n) is 53.2. The van der Waals surface area contributed by atoms with Crippen molar-refractivity contribution in [1.29, 1.82) is 0 Å². The van der Waals surface area contributed by atoms with Crippen LogP contribution in [0.3, 0.4) is 0 Å². The molecule has 0 heterocycles. The van der Waals surface area contributed by atoms with E-state index in [4.69, 9.17) is 9.05 Å². The molecule has 0 aromatic carbocycles. The fraction of sp³-hybridized carbons (Fsp3) is 0.928. The number of nitrogens with one attached hydrogen (secondary N) is 1. The van der Waals surface area contributed by atoms with Crippen LogP contribution in [0.25, 0.3) is 0 Å². The van der Waals surface area contributed by atoms with Crippen molar-refractivity contribution in [2.75, 3.05) is 40.9 Å². The van der Waals surface area contributed by atoms with Crippen LogP contribution in [0.5, 0.6) is 0 Å². The number of rotatable bonds is 65. The van der Waals surface area contributed by atoms with Crippen molar-refractivity contribution in [2.45, 2.75) is 373 Å². The van der Waals surface area contributed by atoms with Gasteiger partial charge in [-0.1, -0.05) is 346 Å². The molecular weight excluding hydrogens is 984 g/mol. The first-order chi connectivity index (χ1) is 38.0. The molecule has 2 N–H and O–H groups in total. The Hall–Kier alpha value is -1.02. The molecule has 8 nitrogen and oxygen atoms in total. The first-order valence-corrected chi connectivity index (χ1v) is 36.2. The molecule has 464 valence electrons. The predicted molar refractivity (Wildman–Crippen MR) is 339 cm³/mol. The van der Waals surface area contributed by atoms with Crippen LogP contribution in [0.15, 0.2) is 24.3 Å². The molecule has 9 heteroatoms. The quantitative estimate of drug-likeness (QED) is 0.0272. The summed E-state index contributed by atoms with van der Waals surface area (Å²) in [5.41, 5.74) is 0. The summed E-state index contributed by atoms with van der Waals surface area (Å²) in [5.74, 6) is -0.199. The second kappa shape index (κ2) is 60.6. The van der Waals surface area contributed by atoms with Crippen LogP contribution in [0.4, 0.5) is 0 Å². The molecule has 0 saturated heterocycles. The van der Waals surface area contributed by atoms with E-state index in [1.807, 2.05) is 27.2 Å². The van der Waals surface area contributed by atoms with Crippen LogP contribution in [-0.4, -0.2) is 68.5 Å². The van der Waals surface area contributed by atoms with Gasteiger partial charge in [0.1, 0.15) is 13.2 Å². The number of hydrogen-bond acceptors (Lipinski definition) is 6. The van der Waals surface area contributed by atoms with E-state index < -0.39 is 20.0 Å². The summed E-state index contributed by atoms with van der Waals surface area (Å²) in [5, 5.41) is 13.9. The minimum atomic E-state index is -4.60. The normalized spacial score (nSPS) is 13.8. The highest BCUT2D eigenvalue weighted by molar-refractivity contribution is 7.45. The van der Waals surface area contributed by atoms with Crippen molar-refractivity contribution in [1.82, 2.24) is 5.32 Å². The number of quaternary nitrogens is 1. The Morgan fingerprint density at radius 1 is 0.436 bits per heavy atom. The van der Waals surface area contributed by atoms with E-state index in [1.165, 1.54) is 302 Å². The van der Waals surface area contributed by atoms with Gasteiger partial charge in [0.15, 0.2) is 0 Å². The third-order valence-electron chi connectivity index (χ3n) is 16.2. The number of phosphoric ester groups is 1. The standard InChI is InChI=1S/C69H137N2O6P/c1-6-8-10-12-14-16-18-20-22-24-25-26-27-28-29-30-31-32-33-34-35-36-37-38-39-40-41-42-43-44-45-47-49-51-53-55-57-59-61-63-69(73)70-67(66-77-78(74,75)76-65-64-71(3,4)5)68(72)62-60-58-56-54-52-50-48-46-23-21-19-17-15-13-11-9-7-2/h52,54,60,62,67-68,72H,6-51,53,55-59,61,63-66H2,1-5H3,(H-,70,73,74,75)/b54-52+,62-60+. The molecule has 0 aliphatic rings. The molecule has 0 aliphatic heterocycles. The predicted octanol–water partition coefficient (Wildman–Crippen LogP) is 21.3. The van der Waals surface area contributed by atoms with E-state index in [0.29, 0.717) is 17.4 Å². The molecule has 1 amide bonds. The van der Waals surface area contributed by atoms with Crippen LogP contribution >= 0.6 is 7.82 Å². The summed E-state index contributed by atoms with van der Waals surface area (Å²) < 4.78 is 23.4. The van der Waals surface area contributed by atoms with Crippen LogP contribution in [0, 0.1) is 0 Å². The van der Waals surface area contributed by atoms with Gasteiger partial charge in [0.25, 0.3) is 7.82 Å². The lowest BCUT2D eigenvalue weighted by Gasteiger charge is -2.29. The molecule has 0 bridgehead atoms. The van der Waals surface area contributed by atoms with Crippen LogP contribution in [0.2, 0.25) is 0 Å². The first-order valence-electron chi connectivity index (χ1n) is 34.7. The summed E-state index contributed by atoms with van der Waals surface area (Å²) in [7, 11) is 1.26. The van der Waals surface area contributed by atoms with E-state index >= 15 is 0 Å². The van der Waals surface area contributed by atoms with E-state index in [9.17, 15) is 19.4 Å². The Bertz CT molecular complexity index is 1320. The number of carbonyl (C=O) groups excluding carboxylic acids is 1. The van der Waals surface area contributed by atoms with Gasteiger partial charge in [-0.15, -0.1) is 0 Å². The zero-order valence-corrected chi connectivity index (χ0v) is 54.0. The Labute approximate surface area is 487 Å². The van der Waals surface area contributed by atoms with E-state index in [-0.39, 0.29) is 19.1 Å². The van der Waals surface area contributed by atoms with Gasteiger partial charge in [-0.2, -0.15) is 0 Å². The molecule has 0 aliphatic carbocycles. The minimum Gasteiger partial charge on any atom is -0.756 e. The van der Waals surface area contributed by atoms with Crippen molar-refractivity contribution in [3.63, 3.8) is 0 Å². The van der Waals surface area contributed by atoms with Crippen LogP contribution in [0.1, 0.15) is 361 Å². The second-order valence-corrected chi connectivity index (χ2v) is 26.7. The van der Waals surface area contributed by atoms with Gasteiger partial charge in [0, 0.05) is 6.42 Å². The Kier molecular flexibility index (Phi) is 59.8. The summed E-state index contributed by atoms with van der Waals surface area (Å²) in [6.45, 7) is 4.68. The molecule has 0 saturated carbocycles. The number of aliphatic hydroxyl groups excluding tert-OH is 1. The Morgan fingerprint density at radius 3 is 1.04 bits per heavy atom. The lowest BCUT2D eigenvalue weighted by molar-refractivity contribution is -0.870. The maximum absolute atomic E-state index is 13.0. The van der Waals surface area contributed by atoms with Crippen LogP contribution < -0.4 is 10.2 Å². The van der Waals surface area contributed by atoms with Crippen molar-refractivity contribution in [2.24, 2.45) is 0 Å². The largest absolute Gasteiger partial charge is 0.756 e. The smallest absolute Gasteiger partial charge is 0.268 e. The lowest BCUT2D eigenvalue weighted by Crippen LogP contribution is -2.45. The molecule has 0 spiro atoms. The number of amides is 1. The zero-order chi connectivity index (χ0) is 57.0. The topological polar surface area (TPSA) is 108 Å². The monoisotopic (exact) mass is 1120 g/mol. The summed E-state index contributed by atoms with van der Waals surface area (Å²) in [6.07, 6.45) is 79.0. The van der Waals surface area contributed by atoms with Gasteiger partial charge >= 0.3 is 0 Å². The van der Waals surface area contributed by atoms with Gasteiger partial charge in [0.05, 0.1) is 39.9 Å². The van der Waals surface area contributed by atoms with Crippen molar-refractivity contribution in [3.05, 3.63) is 24.3 Å². The van der Waals surface area contributed by atoms with Gasteiger partial charge in [-0.3, -0.25) is 9.36 Å². The number of aliphatic hydroxyl groups is 1. The molecule has 3 unspecified atom stereocenters. The highest BCUT2D eigenvalue weighted by atomic mass is 31.2. The number of unbranched alkanes of at least 4 members (excludes halogenated alkanes) is 50. The Morgan fingerprint density at radius 2 is 0.718 bits per heavy atom. The van der Waals surface area contributed by atoms with Crippen molar-refractivity contribution in [3.8, 4) is 0 Å². The average Bonchev–Trinajstić information content (AvgIpc) is 3.41. The number of hydrogen-bond donors (Lipinski definition) is 2. The molecule has 0 rings (SSSR count). The number of phosphoric acid groups is 1. The summed E-state index contributed by atoms with van der Waals surface area (Å²) >= 11 is 0. The third kappa shape index (κ3) is 62.6. The summed E-state index contributed by atoms with van der Waals surface area (Å²) in [4.78, 5) is 25.5. The summed E-state index contributed by atoms with van der Waals surface area (Å²) in [6, 6.07) is -0.901. The fourth-order valence-electron chi connectivity index (χ4n) is 10.8. The first kappa shape index (κ1) is 77.0. The van der Waals surface area contributed by atoms with Gasteiger partial charge < -0.3 is 28.8 Å². The fourth-order valence-corrected chi connectivity index (χ4v) is 11.5. The lowest BCUT2D eigenvalue weighted by atomic mass is 10.0. The molecule has 0 aromatic heterocycles. The molecular formula is C69H137N2O6P. The van der Waals surface area contributed by atoms with Crippen LogP contribution in [-0.2, 0) is 18.4 Å². The van der Waals surface area contributed by atoms with Gasteiger partial charge in [-0.05, 0) is 32.1 Å². The minimum absolute atomic E-state index is 0.00365. The van der Waals surface area contributed by atoms with Crippen molar-refractivity contribution >= 4 is 13.7 Å². The van der Waals surface area contributed by atoms with E-state index in [0.717, 1.165) is 38.5 Å². The maximum Gasteiger partial charge on any atom is 0.268 e. The average molecular weight is 1120 g/mol. The number of carbonyl (C=O) groups is 1. The van der Waals surface area contributed by atoms with Crippen molar-refractivity contribution < 1.29 is 32.9 Å². The van der Waals surface area contributed by atoms with Gasteiger partial charge in [0.2, 0.25) is 5.91 Å². The molecule has 0 radical (unpaired) electrons. The molecule has 0 aromatic rings. The Balaban J connectivity index is 3.89. The van der Waals surface area contributed by atoms with E-state index in [1.54, 1.807) is 6.08 Å². The second-order valence-electron chi connectivity index (χ2n) is 25.2.